The van der Waals surface area contributed by atoms with E-state index in [1.54, 1.807) is 69.3 Å². The fourth-order valence-electron chi connectivity index (χ4n) is 4.71. The van der Waals surface area contributed by atoms with Crippen LogP contribution in [0.25, 0.3) is 6.08 Å². The molecule has 3 aromatic carbocycles. The summed E-state index contributed by atoms with van der Waals surface area (Å²) in [6.45, 7) is 10.7. The van der Waals surface area contributed by atoms with E-state index in [-0.39, 0.29) is 11.9 Å². The van der Waals surface area contributed by atoms with Gasteiger partial charge in [-0.15, -0.1) is 0 Å². The monoisotopic (exact) mass is 714 g/mol. The third kappa shape index (κ3) is 16.1. The maximum Gasteiger partial charge on any atom is 0.343 e. The van der Waals surface area contributed by atoms with Gasteiger partial charge in [-0.05, 0) is 137 Å². The van der Waals surface area contributed by atoms with Gasteiger partial charge in [-0.25, -0.2) is 14.4 Å². The molecule has 0 saturated carbocycles. The van der Waals surface area contributed by atoms with Gasteiger partial charge in [0, 0.05) is 18.1 Å². The number of carbonyl (C=O) groups is 4. The lowest BCUT2D eigenvalue weighted by Gasteiger charge is -2.10. The highest BCUT2D eigenvalue weighted by molar-refractivity contribution is 5.91. The summed E-state index contributed by atoms with van der Waals surface area (Å²) in [5.41, 5.74) is 2.22. The molecule has 0 aliphatic carbocycles. The first-order valence-electron chi connectivity index (χ1n) is 17.8. The molecule has 0 spiro atoms. The number of esters is 4. The van der Waals surface area contributed by atoms with Gasteiger partial charge >= 0.3 is 23.9 Å². The minimum Gasteiger partial charge on any atom is -0.494 e. The summed E-state index contributed by atoms with van der Waals surface area (Å²) < 4.78 is 32.7. The van der Waals surface area contributed by atoms with Crippen LogP contribution >= 0.6 is 0 Å². The fourth-order valence-corrected chi connectivity index (χ4v) is 4.71. The van der Waals surface area contributed by atoms with Gasteiger partial charge in [0.05, 0.1) is 32.0 Å². The van der Waals surface area contributed by atoms with Gasteiger partial charge in [0.1, 0.15) is 23.0 Å². The summed E-state index contributed by atoms with van der Waals surface area (Å²) in [5.74, 6) is 0.495. The number of benzene rings is 3. The predicted octanol–water partition coefficient (Wildman–Crippen LogP) is 8.78. The Labute approximate surface area is 306 Å². The Morgan fingerprint density at radius 2 is 1.19 bits per heavy atom. The Kier molecular flexibility index (Phi) is 18.3. The molecule has 0 aromatic heterocycles. The number of carbonyl (C=O) groups excluding carboxylic acids is 4. The summed E-state index contributed by atoms with van der Waals surface area (Å²) in [5, 5.41) is 0. The smallest absolute Gasteiger partial charge is 0.343 e. The van der Waals surface area contributed by atoms with Crippen molar-refractivity contribution in [1.29, 1.82) is 0 Å². The summed E-state index contributed by atoms with van der Waals surface area (Å²) in [7, 11) is 0. The molecule has 3 aromatic rings. The third-order valence-corrected chi connectivity index (χ3v) is 7.70. The van der Waals surface area contributed by atoms with E-state index in [0.29, 0.717) is 66.8 Å². The van der Waals surface area contributed by atoms with Crippen molar-refractivity contribution in [2.45, 2.75) is 78.6 Å². The minimum absolute atomic E-state index is 0.170. The van der Waals surface area contributed by atoms with Gasteiger partial charge in [-0.1, -0.05) is 25.6 Å². The second kappa shape index (κ2) is 23.2. The van der Waals surface area contributed by atoms with Crippen LogP contribution in [0, 0.1) is 6.92 Å². The van der Waals surface area contributed by atoms with Crippen LogP contribution in [-0.2, 0) is 23.9 Å². The van der Waals surface area contributed by atoms with E-state index in [9.17, 15) is 19.2 Å². The Morgan fingerprint density at radius 1 is 0.654 bits per heavy atom. The number of ether oxygens (including phenoxy) is 6. The highest BCUT2D eigenvalue weighted by atomic mass is 16.5. The molecule has 0 radical (unpaired) electrons. The van der Waals surface area contributed by atoms with E-state index in [2.05, 4.69) is 6.58 Å². The van der Waals surface area contributed by atoms with Gasteiger partial charge in [0.2, 0.25) is 0 Å². The van der Waals surface area contributed by atoms with Crippen LogP contribution in [0.4, 0.5) is 0 Å². The lowest BCUT2D eigenvalue weighted by Crippen LogP contribution is -2.09. The molecule has 10 heteroatoms. The third-order valence-electron chi connectivity index (χ3n) is 7.70. The zero-order valence-electron chi connectivity index (χ0n) is 30.5. The first-order chi connectivity index (χ1) is 25.1. The van der Waals surface area contributed by atoms with Crippen molar-refractivity contribution in [2.75, 3.05) is 26.4 Å². The molecule has 0 saturated heterocycles. The zero-order chi connectivity index (χ0) is 37.6. The zero-order valence-corrected chi connectivity index (χ0v) is 30.5. The summed E-state index contributed by atoms with van der Waals surface area (Å²) in [6.07, 6.45) is 10.7. The van der Waals surface area contributed by atoms with E-state index >= 15 is 0 Å². The van der Waals surface area contributed by atoms with Crippen LogP contribution in [0.3, 0.4) is 0 Å². The molecular weight excluding hydrogens is 664 g/mol. The largest absolute Gasteiger partial charge is 0.494 e. The van der Waals surface area contributed by atoms with Gasteiger partial charge < -0.3 is 28.4 Å². The van der Waals surface area contributed by atoms with E-state index in [0.717, 1.165) is 62.7 Å². The molecule has 3 rings (SSSR count). The first-order valence-corrected chi connectivity index (χ1v) is 17.8. The van der Waals surface area contributed by atoms with Gasteiger partial charge in [-0.2, -0.15) is 0 Å². The van der Waals surface area contributed by atoms with E-state index < -0.39 is 11.9 Å². The van der Waals surface area contributed by atoms with Crippen molar-refractivity contribution in [3.8, 4) is 23.0 Å². The SMILES string of the molecule is C=C(C)C(=O)OCCCCCCOc1ccc(/C=C/C(=O)Oc2ccc(OC(=O)c3ccc(OCCCCCCOC(=O)CC)cc3)cc2C)cc1. The van der Waals surface area contributed by atoms with Crippen molar-refractivity contribution in [2.24, 2.45) is 0 Å². The van der Waals surface area contributed by atoms with Crippen molar-refractivity contribution < 1.29 is 47.6 Å². The average molecular weight is 715 g/mol. The number of hydrogen-bond acceptors (Lipinski definition) is 10. The van der Waals surface area contributed by atoms with Crippen LogP contribution in [0.1, 0.15) is 93.1 Å². The number of aryl methyl sites for hydroxylation is 1. The normalized spacial score (nSPS) is 10.8. The van der Waals surface area contributed by atoms with Crippen LogP contribution in [-0.4, -0.2) is 50.3 Å². The topological polar surface area (TPSA) is 124 Å². The molecular formula is C42H50O10. The van der Waals surface area contributed by atoms with E-state index in [1.165, 1.54) is 6.08 Å². The lowest BCUT2D eigenvalue weighted by atomic mass is 10.2. The van der Waals surface area contributed by atoms with Crippen LogP contribution in [0.2, 0.25) is 0 Å². The maximum atomic E-state index is 12.7. The van der Waals surface area contributed by atoms with Crippen LogP contribution in [0.5, 0.6) is 23.0 Å². The average Bonchev–Trinajstić information content (AvgIpc) is 3.14. The van der Waals surface area contributed by atoms with Crippen molar-refractivity contribution in [3.63, 3.8) is 0 Å². The summed E-state index contributed by atoms with van der Waals surface area (Å²) >= 11 is 0. The Bertz CT molecular complexity index is 1620. The second-order valence-electron chi connectivity index (χ2n) is 12.2. The molecule has 0 bridgehead atoms. The van der Waals surface area contributed by atoms with Crippen molar-refractivity contribution in [1.82, 2.24) is 0 Å². The van der Waals surface area contributed by atoms with Crippen molar-refractivity contribution >= 4 is 30.0 Å². The second-order valence-corrected chi connectivity index (χ2v) is 12.2. The maximum absolute atomic E-state index is 12.7. The summed E-state index contributed by atoms with van der Waals surface area (Å²) in [4.78, 5) is 47.7. The number of hydrogen-bond donors (Lipinski definition) is 0. The molecule has 10 nitrogen and oxygen atoms in total. The molecule has 0 N–H and O–H groups in total. The predicted molar refractivity (Wildman–Crippen MR) is 199 cm³/mol. The molecule has 0 amide bonds. The molecule has 278 valence electrons. The summed E-state index contributed by atoms with van der Waals surface area (Å²) in [6, 6.07) is 18.9. The molecule has 0 heterocycles. The minimum atomic E-state index is -0.542. The van der Waals surface area contributed by atoms with Crippen LogP contribution in [0.15, 0.2) is 85.0 Å². The van der Waals surface area contributed by atoms with Gasteiger partial charge in [0.15, 0.2) is 0 Å². The molecule has 0 atom stereocenters. The fraction of sp³-hybridized carbons (Fsp3) is 0.381. The Hall–Kier alpha value is -5.38. The first kappa shape index (κ1) is 41.0. The number of unbranched alkanes of at least 4 members (excludes halogenated alkanes) is 6. The quantitative estimate of drug-likeness (QED) is 0.0408. The Morgan fingerprint density at radius 3 is 1.75 bits per heavy atom. The lowest BCUT2D eigenvalue weighted by molar-refractivity contribution is -0.143. The molecule has 0 aliphatic heterocycles. The molecule has 0 fully saturated rings. The Balaban J connectivity index is 1.33. The highest BCUT2D eigenvalue weighted by Gasteiger charge is 2.12. The van der Waals surface area contributed by atoms with Crippen LogP contribution < -0.4 is 18.9 Å². The molecule has 0 aliphatic rings. The van der Waals surface area contributed by atoms with Gasteiger partial charge in [0.25, 0.3) is 0 Å². The molecule has 0 unspecified atom stereocenters. The highest BCUT2D eigenvalue weighted by Crippen LogP contribution is 2.25. The van der Waals surface area contributed by atoms with E-state index in [1.807, 2.05) is 24.3 Å². The van der Waals surface area contributed by atoms with E-state index in [4.69, 9.17) is 28.4 Å². The number of rotatable bonds is 23. The standard InChI is InChI=1S/C42H50O10/c1-5-39(43)49-28-12-8-6-10-27-48-36-21-17-34(18-22-36)42(46)51-37-23-24-38(32(4)30-37)52-40(44)25-16-33-14-19-35(20-15-33)47-26-11-7-9-13-29-50-41(45)31(2)3/h14-25,30H,2,5-13,26-29H2,1,3-4H3/b25-16+. The van der Waals surface area contributed by atoms with Gasteiger partial charge in [-0.3, -0.25) is 4.79 Å². The molecule has 52 heavy (non-hydrogen) atoms. The van der Waals surface area contributed by atoms with Crippen molar-refractivity contribution in [3.05, 3.63) is 102 Å².